The number of esters is 1. The fourth-order valence-electron chi connectivity index (χ4n) is 2.76. The van der Waals surface area contributed by atoms with Gasteiger partial charge in [-0.25, -0.2) is 0 Å². The number of hydroxylamine groups is 1. The van der Waals surface area contributed by atoms with Crippen molar-refractivity contribution < 1.29 is 24.1 Å². The van der Waals surface area contributed by atoms with Crippen molar-refractivity contribution in [2.45, 2.75) is 13.5 Å². The average molecular weight is 380 g/mol. The Balaban J connectivity index is 2.09. The molecule has 0 bridgehead atoms. The smallest absolute Gasteiger partial charge is 0.314 e. The van der Waals surface area contributed by atoms with E-state index in [1.54, 1.807) is 24.3 Å². The van der Waals surface area contributed by atoms with Crippen LogP contribution in [0, 0.1) is 10.1 Å². The van der Waals surface area contributed by atoms with Gasteiger partial charge in [0.15, 0.2) is 0 Å². The lowest BCUT2D eigenvalue weighted by molar-refractivity contribution is -0.385. The number of nitro groups is 1. The second-order valence-electron chi connectivity index (χ2n) is 5.83. The standard InChI is InChI=1S/C20H16N2O6/c1-14(24)28-20-17-10-6-5-9-16(17)18(11-19(20)22(25)26)21(13-23)27-12-15-7-3-2-4-8-15/h2-11,13H,12H2,1H3. The molecule has 1 amide bonds. The maximum Gasteiger partial charge on any atom is 0.314 e. The summed E-state index contributed by atoms with van der Waals surface area (Å²) in [7, 11) is 0. The second-order valence-corrected chi connectivity index (χ2v) is 5.83. The lowest BCUT2D eigenvalue weighted by atomic mass is 10.1. The van der Waals surface area contributed by atoms with Gasteiger partial charge in [0, 0.05) is 23.8 Å². The molecule has 0 heterocycles. The Morgan fingerprint density at radius 1 is 1.11 bits per heavy atom. The Labute approximate surface area is 160 Å². The third kappa shape index (κ3) is 3.97. The van der Waals surface area contributed by atoms with Crippen LogP contribution in [0.4, 0.5) is 11.4 Å². The van der Waals surface area contributed by atoms with Crippen LogP contribution in [0.15, 0.2) is 60.7 Å². The van der Waals surface area contributed by atoms with Gasteiger partial charge in [-0.2, -0.15) is 5.06 Å². The highest BCUT2D eigenvalue weighted by atomic mass is 16.7. The van der Waals surface area contributed by atoms with Crippen molar-refractivity contribution in [3.8, 4) is 5.75 Å². The third-order valence-electron chi connectivity index (χ3n) is 3.94. The molecule has 8 heteroatoms. The summed E-state index contributed by atoms with van der Waals surface area (Å²) in [5.74, 6) is -0.862. The van der Waals surface area contributed by atoms with Crippen molar-refractivity contribution in [1.29, 1.82) is 0 Å². The molecular formula is C20H16N2O6. The summed E-state index contributed by atoms with van der Waals surface area (Å²) in [5, 5.41) is 13.3. The maximum atomic E-state index is 11.7. The highest BCUT2D eigenvalue weighted by Crippen LogP contribution is 2.41. The molecule has 0 aliphatic rings. The molecule has 0 aliphatic carbocycles. The Hall–Kier alpha value is -3.78. The summed E-state index contributed by atoms with van der Waals surface area (Å²) in [6, 6.07) is 16.9. The lowest BCUT2D eigenvalue weighted by Crippen LogP contribution is -2.22. The van der Waals surface area contributed by atoms with Crippen molar-refractivity contribution in [1.82, 2.24) is 0 Å². The van der Waals surface area contributed by atoms with Crippen LogP contribution in [0.2, 0.25) is 0 Å². The molecule has 3 aromatic carbocycles. The Morgan fingerprint density at radius 2 is 1.75 bits per heavy atom. The molecule has 28 heavy (non-hydrogen) atoms. The molecule has 0 N–H and O–H groups in total. The zero-order valence-electron chi connectivity index (χ0n) is 14.9. The highest BCUT2D eigenvalue weighted by Gasteiger charge is 2.25. The van der Waals surface area contributed by atoms with Gasteiger partial charge in [-0.1, -0.05) is 54.6 Å². The van der Waals surface area contributed by atoms with Gasteiger partial charge in [0.2, 0.25) is 12.2 Å². The average Bonchev–Trinajstić information content (AvgIpc) is 2.69. The van der Waals surface area contributed by atoms with Gasteiger partial charge < -0.3 is 4.74 Å². The highest BCUT2D eigenvalue weighted by molar-refractivity contribution is 6.04. The summed E-state index contributed by atoms with van der Waals surface area (Å²) in [6.45, 7) is 1.25. The van der Waals surface area contributed by atoms with Crippen LogP contribution >= 0.6 is 0 Å². The van der Waals surface area contributed by atoms with E-state index < -0.39 is 16.6 Å². The molecule has 0 aromatic heterocycles. The fourth-order valence-corrected chi connectivity index (χ4v) is 2.76. The third-order valence-corrected chi connectivity index (χ3v) is 3.94. The van der Waals surface area contributed by atoms with Crippen LogP contribution in [0.25, 0.3) is 10.8 Å². The zero-order chi connectivity index (χ0) is 20.1. The number of hydrogen-bond acceptors (Lipinski definition) is 6. The van der Waals surface area contributed by atoms with Gasteiger partial charge in [-0.05, 0) is 5.56 Å². The van der Waals surface area contributed by atoms with E-state index in [0.717, 1.165) is 23.6 Å². The number of ether oxygens (including phenoxy) is 1. The molecule has 0 saturated carbocycles. The van der Waals surface area contributed by atoms with Crippen molar-refractivity contribution in [2.75, 3.05) is 5.06 Å². The normalized spacial score (nSPS) is 10.5. The molecule has 0 spiro atoms. The van der Waals surface area contributed by atoms with Crippen LogP contribution in [0.3, 0.4) is 0 Å². The van der Waals surface area contributed by atoms with E-state index in [9.17, 15) is 19.7 Å². The SMILES string of the molecule is CC(=O)Oc1c([N+](=O)[O-])cc(N(C=O)OCc2ccccc2)c2ccccc12. The molecule has 0 atom stereocenters. The first-order chi connectivity index (χ1) is 13.5. The Kier molecular flexibility index (Phi) is 5.61. The number of carbonyl (C=O) groups excluding carboxylic acids is 2. The number of nitrogens with zero attached hydrogens (tertiary/aromatic N) is 2. The largest absolute Gasteiger partial charge is 0.419 e. The number of fused-ring (bicyclic) bond motifs is 1. The van der Waals surface area contributed by atoms with E-state index in [4.69, 9.17) is 9.57 Å². The Bertz CT molecular complexity index is 1040. The van der Waals surface area contributed by atoms with Crippen LogP contribution in [-0.2, 0) is 21.0 Å². The van der Waals surface area contributed by atoms with Gasteiger partial charge in [-0.3, -0.25) is 24.5 Å². The van der Waals surface area contributed by atoms with Crippen LogP contribution < -0.4 is 9.80 Å². The van der Waals surface area contributed by atoms with Crippen LogP contribution in [-0.4, -0.2) is 17.3 Å². The topological polar surface area (TPSA) is 99.0 Å². The monoisotopic (exact) mass is 380 g/mol. The van der Waals surface area contributed by atoms with E-state index in [1.807, 2.05) is 30.3 Å². The van der Waals surface area contributed by atoms with E-state index in [-0.39, 0.29) is 18.0 Å². The van der Waals surface area contributed by atoms with Crippen LogP contribution in [0.5, 0.6) is 5.75 Å². The molecule has 3 rings (SSSR count). The van der Waals surface area contributed by atoms with Crippen molar-refractivity contribution in [3.63, 3.8) is 0 Å². The first-order valence-electron chi connectivity index (χ1n) is 8.31. The second kappa shape index (κ2) is 8.28. The first-order valence-corrected chi connectivity index (χ1v) is 8.31. The number of carbonyl (C=O) groups is 2. The molecule has 0 unspecified atom stereocenters. The van der Waals surface area contributed by atoms with Crippen molar-refractivity contribution in [3.05, 3.63) is 76.3 Å². The summed E-state index contributed by atoms with van der Waals surface area (Å²) in [4.78, 5) is 39.5. The van der Waals surface area contributed by atoms with Crippen molar-refractivity contribution in [2.24, 2.45) is 0 Å². The molecule has 8 nitrogen and oxygen atoms in total. The van der Waals surface area contributed by atoms with Crippen molar-refractivity contribution >= 4 is 34.5 Å². The van der Waals surface area contributed by atoms with Gasteiger partial charge in [0.25, 0.3) is 0 Å². The maximum absolute atomic E-state index is 11.7. The van der Waals surface area contributed by atoms with E-state index in [1.165, 1.54) is 0 Å². The van der Waals surface area contributed by atoms with Crippen LogP contribution in [0.1, 0.15) is 12.5 Å². The predicted molar refractivity (Wildman–Crippen MR) is 102 cm³/mol. The number of amides is 1. The minimum absolute atomic E-state index is 0.0907. The predicted octanol–water partition coefficient (Wildman–Crippen LogP) is 3.77. The van der Waals surface area contributed by atoms with Gasteiger partial charge in [0.05, 0.1) is 10.6 Å². The quantitative estimate of drug-likeness (QED) is 0.203. The summed E-state index contributed by atoms with van der Waals surface area (Å²) in [5.41, 5.74) is 0.549. The number of hydrogen-bond donors (Lipinski definition) is 0. The van der Waals surface area contributed by atoms with E-state index in [0.29, 0.717) is 17.2 Å². The minimum Gasteiger partial charge on any atom is -0.419 e. The summed E-state index contributed by atoms with van der Waals surface area (Å²) >= 11 is 0. The number of nitro benzene ring substituents is 1. The molecule has 3 aromatic rings. The lowest BCUT2D eigenvalue weighted by Gasteiger charge is -2.20. The first kappa shape index (κ1) is 19.0. The number of anilines is 1. The minimum atomic E-state index is -0.687. The summed E-state index contributed by atoms with van der Waals surface area (Å²) < 4.78 is 5.09. The molecule has 0 fully saturated rings. The number of rotatable bonds is 7. The molecule has 142 valence electrons. The Morgan fingerprint density at radius 3 is 2.36 bits per heavy atom. The molecular weight excluding hydrogens is 364 g/mol. The molecule has 0 radical (unpaired) electrons. The van der Waals surface area contributed by atoms with Gasteiger partial charge in [0.1, 0.15) is 6.61 Å². The fraction of sp³-hybridized carbons (Fsp3) is 0.100. The molecule has 0 aliphatic heterocycles. The zero-order valence-corrected chi connectivity index (χ0v) is 14.9. The molecule has 0 saturated heterocycles. The van der Waals surface area contributed by atoms with Gasteiger partial charge >= 0.3 is 11.7 Å². The van der Waals surface area contributed by atoms with Gasteiger partial charge in [-0.15, -0.1) is 0 Å². The summed E-state index contributed by atoms with van der Waals surface area (Å²) in [6.07, 6.45) is 0.430. The number of benzene rings is 3. The van der Waals surface area contributed by atoms with E-state index in [2.05, 4.69) is 0 Å². The van der Waals surface area contributed by atoms with E-state index >= 15 is 0 Å².